The van der Waals surface area contributed by atoms with E-state index in [1.807, 2.05) is 36.6 Å². The van der Waals surface area contributed by atoms with Crippen LogP contribution in [0.3, 0.4) is 0 Å². The minimum absolute atomic E-state index is 0.162. The number of aromatic nitrogens is 5. The molecule has 0 aliphatic heterocycles. The fourth-order valence-corrected chi connectivity index (χ4v) is 4.74. The van der Waals surface area contributed by atoms with Gasteiger partial charge < -0.3 is 9.88 Å². The Balaban J connectivity index is 1.30. The van der Waals surface area contributed by atoms with Crippen LogP contribution in [0.15, 0.2) is 29.4 Å². The molecule has 1 aliphatic carbocycles. The van der Waals surface area contributed by atoms with Gasteiger partial charge in [-0.05, 0) is 38.8 Å². The quantitative estimate of drug-likeness (QED) is 0.475. The van der Waals surface area contributed by atoms with Gasteiger partial charge in [0.2, 0.25) is 11.0 Å². The lowest BCUT2D eigenvalue weighted by Gasteiger charge is -2.08. The van der Waals surface area contributed by atoms with E-state index >= 15 is 0 Å². The molecule has 1 aromatic carbocycles. The highest BCUT2D eigenvalue weighted by Gasteiger charge is 2.27. The fourth-order valence-electron chi connectivity index (χ4n) is 2.99. The van der Waals surface area contributed by atoms with Gasteiger partial charge in [0.15, 0.2) is 11.0 Å². The Kier molecular flexibility index (Phi) is 6.62. The van der Waals surface area contributed by atoms with Crippen molar-refractivity contribution in [3.8, 4) is 0 Å². The molecule has 0 radical (unpaired) electrons. The Hall–Kier alpha value is -2.79. The van der Waals surface area contributed by atoms with Crippen LogP contribution in [0.2, 0.25) is 0 Å². The van der Waals surface area contributed by atoms with Crippen LogP contribution in [0, 0.1) is 6.92 Å². The minimum atomic E-state index is -0.163. The number of nitrogens with one attached hydrogen (secondary N) is 2. The molecular formula is C20H23N7O2S2. The van der Waals surface area contributed by atoms with Crippen molar-refractivity contribution in [2.75, 3.05) is 11.1 Å². The van der Waals surface area contributed by atoms with Crippen molar-refractivity contribution in [1.29, 1.82) is 0 Å². The van der Waals surface area contributed by atoms with E-state index in [-0.39, 0.29) is 24.1 Å². The Morgan fingerprint density at radius 3 is 2.81 bits per heavy atom. The fraction of sp³-hybridized carbons (Fsp3) is 0.400. The molecule has 2 aromatic heterocycles. The predicted octanol–water partition coefficient (Wildman–Crippen LogP) is 3.00. The Bertz CT molecular complexity index is 1090. The lowest BCUT2D eigenvalue weighted by atomic mass is 10.1. The maximum Gasteiger partial charge on any atom is 0.251 e. The third-order valence-corrected chi connectivity index (χ3v) is 6.71. The molecule has 4 rings (SSSR count). The van der Waals surface area contributed by atoms with Gasteiger partial charge in [0.25, 0.3) is 5.91 Å². The van der Waals surface area contributed by atoms with Gasteiger partial charge in [0.1, 0.15) is 5.01 Å². The zero-order valence-corrected chi connectivity index (χ0v) is 18.9. The highest BCUT2D eigenvalue weighted by molar-refractivity contribution is 7.99. The first-order valence-corrected chi connectivity index (χ1v) is 11.9. The number of carbonyl (C=O) groups is 2. The van der Waals surface area contributed by atoms with Crippen molar-refractivity contribution in [1.82, 2.24) is 30.3 Å². The Morgan fingerprint density at radius 1 is 1.23 bits per heavy atom. The molecule has 0 bridgehead atoms. The average Bonchev–Trinajstić information content (AvgIpc) is 3.38. The molecule has 0 atom stereocenters. The van der Waals surface area contributed by atoms with Gasteiger partial charge in [0.05, 0.1) is 12.3 Å². The third-order valence-electron chi connectivity index (χ3n) is 4.74. The summed E-state index contributed by atoms with van der Waals surface area (Å²) < 4.78 is 1.89. The SMILES string of the molecule is CCn1c(CNC(=O)c2cccc(C)c2)nnc1SCC(=O)Nc1nnc(C2CC2)s1. The number of aryl methyl sites for hydroxylation is 1. The number of hydrogen-bond donors (Lipinski definition) is 2. The number of carbonyl (C=O) groups excluding carboxylic acids is 2. The summed E-state index contributed by atoms with van der Waals surface area (Å²) in [6.45, 7) is 4.81. The van der Waals surface area contributed by atoms with Crippen molar-refractivity contribution in [2.45, 2.75) is 50.9 Å². The molecule has 2 amide bonds. The van der Waals surface area contributed by atoms with Crippen LogP contribution in [-0.2, 0) is 17.9 Å². The number of thioether (sulfide) groups is 1. The Labute approximate surface area is 188 Å². The van der Waals surface area contributed by atoms with E-state index in [2.05, 4.69) is 31.0 Å². The van der Waals surface area contributed by atoms with Crippen LogP contribution < -0.4 is 10.6 Å². The van der Waals surface area contributed by atoms with E-state index in [4.69, 9.17) is 0 Å². The van der Waals surface area contributed by atoms with Crippen LogP contribution in [0.25, 0.3) is 0 Å². The standard InChI is InChI=1S/C20H23N7O2S2/c1-3-27-15(10-21-17(29)14-6-4-5-12(2)9-14)23-26-20(27)30-11-16(28)22-19-25-24-18(31-19)13-7-8-13/h4-6,9,13H,3,7-8,10-11H2,1-2H3,(H,21,29)(H,22,25,28). The van der Waals surface area contributed by atoms with Crippen LogP contribution >= 0.6 is 23.1 Å². The highest BCUT2D eigenvalue weighted by atomic mass is 32.2. The smallest absolute Gasteiger partial charge is 0.251 e. The molecule has 1 fully saturated rings. The largest absolute Gasteiger partial charge is 0.345 e. The molecule has 11 heteroatoms. The van der Waals surface area contributed by atoms with Crippen LogP contribution in [0.5, 0.6) is 0 Å². The van der Waals surface area contributed by atoms with Crippen molar-refractivity contribution in [3.05, 3.63) is 46.2 Å². The second kappa shape index (κ2) is 9.56. The first kappa shape index (κ1) is 21.4. The molecule has 2 heterocycles. The maximum atomic E-state index is 12.4. The van der Waals surface area contributed by atoms with Crippen LogP contribution in [0.1, 0.15) is 52.4 Å². The monoisotopic (exact) mass is 457 g/mol. The van der Waals surface area contributed by atoms with E-state index < -0.39 is 0 Å². The molecule has 1 saturated carbocycles. The van der Waals surface area contributed by atoms with Gasteiger partial charge in [0, 0.05) is 18.0 Å². The van der Waals surface area contributed by atoms with Gasteiger partial charge in [-0.2, -0.15) is 0 Å². The number of nitrogens with zero attached hydrogens (tertiary/aromatic N) is 5. The van der Waals surface area contributed by atoms with Crippen molar-refractivity contribution in [3.63, 3.8) is 0 Å². The first-order chi connectivity index (χ1) is 15.0. The van der Waals surface area contributed by atoms with Crippen molar-refractivity contribution >= 4 is 40.0 Å². The molecule has 9 nitrogen and oxygen atoms in total. The molecule has 162 valence electrons. The van der Waals surface area contributed by atoms with E-state index in [0.29, 0.717) is 34.1 Å². The van der Waals surface area contributed by atoms with Crippen molar-refractivity contribution < 1.29 is 9.59 Å². The summed E-state index contributed by atoms with van der Waals surface area (Å²) in [4.78, 5) is 24.7. The molecule has 2 N–H and O–H groups in total. The average molecular weight is 458 g/mol. The van der Waals surface area contributed by atoms with E-state index in [0.717, 1.165) is 23.4 Å². The lowest BCUT2D eigenvalue weighted by molar-refractivity contribution is -0.113. The molecule has 1 aliphatic rings. The minimum Gasteiger partial charge on any atom is -0.345 e. The van der Waals surface area contributed by atoms with Crippen LogP contribution in [-0.4, -0.2) is 42.5 Å². The van der Waals surface area contributed by atoms with Gasteiger partial charge in [-0.1, -0.05) is 40.8 Å². The maximum absolute atomic E-state index is 12.4. The summed E-state index contributed by atoms with van der Waals surface area (Å²) in [5, 5.41) is 24.4. The predicted molar refractivity (Wildman–Crippen MR) is 119 cm³/mol. The zero-order valence-electron chi connectivity index (χ0n) is 17.3. The molecule has 0 saturated heterocycles. The second-order valence-corrected chi connectivity index (χ2v) is 9.20. The lowest BCUT2D eigenvalue weighted by Crippen LogP contribution is -2.25. The van der Waals surface area contributed by atoms with Crippen molar-refractivity contribution in [2.24, 2.45) is 0 Å². The normalized spacial score (nSPS) is 13.2. The number of amides is 2. The van der Waals surface area contributed by atoms with Gasteiger partial charge in [-0.25, -0.2) is 0 Å². The zero-order chi connectivity index (χ0) is 21.8. The molecule has 0 unspecified atom stereocenters. The van der Waals surface area contributed by atoms with Gasteiger partial charge in [-0.3, -0.25) is 14.9 Å². The summed E-state index contributed by atoms with van der Waals surface area (Å²) in [6, 6.07) is 7.41. The number of rotatable bonds is 9. The molecule has 31 heavy (non-hydrogen) atoms. The molecular weight excluding hydrogens is 434 g/mol. The van der Waals surface area contributed by atoms with E-state index in [1.165, 1.54) is 23.1 Å². The Morgan fingerprint density at radius 2 is 2.06 bits per heavy atom. The highest BCUT2D eigenvalue weighted by Crippen LogP contribution is 2.42. The van der Waals surface area contributed by atoms with E-state index in [1.54, 1.807) is 6.07 Å². The van der Waals surface area contributed by atoms with Gasteiger partial charge >= 0.3 is 0 Å². The van der Waals surface area contributed by atoms with E-state index in [9.17, 15) is 9.59 Å². The summed E-state index contributed by atoms with van der Waals surface area (Å²) >= 11 is 2.74. The topological polar surface area (TPSA) is 115 Å². The summed E-state index contributed by atoms with van der Waals surface area (Å²) in [5.41, 5.74) is 1.63. The molecule has 3 aromatic rings. The summed E-state index contributed by atoms with van der Waals surface area (Å²) in [6.07, 6.45) is 2.30. The van der Waals surface area contributed by atoms with Crippen LogP contribution in [0.4, 0.5) is 5.13 Å². The number of benzene rings is 1. The molecule has 0 spiro atoms. The second-order valence-electron chi connectivity index (χ2n) is 7.25. The van der Waals surface area contributed by atoms with Gasteiger partial charge in [-0.15, -0.1) is 20.4 Å². The summed E-state index contributed by atoms with van der Waals surface area (Å²) in [7, 11) is 0. The summed E-state index contributed by atoms with van der Waals surface area (Å²) in [5.74, 6) is 1.02. The first-order valence-electron chi connectivity index (χ1n) is 10.1. The number of hydrogen-bond acceptors (Lipinski definition) is 8. The third kappa shape index (κ3) is 5.47. The number of anilines is 1.